The number of urea groups is 1. The van der Waals surface area contributed by atoms with E-state index in [1.807, 2.05) is 0 Å². The Kier molecular flexibility index (Phi) is 9.53. The molecule has 3 amide bonds. The van der Waals surface area contributed by atoms with E-state index >= 15 is 0 Å². The summed E-state index contributed by atoms with van der Waals surface area (Å²) in [6.45, 7) is 1.41. The molecular formula is C28H28F3N3O5. The molecule has 0 aliphatic heterocycles. The molecule has 0 heterocycles. The molecule has 0 saturated heterocycles. The van der Waals surface area contributed by atoms with E-state index in [2.05, 4.69) is 20.7 Å². The lowest BCUT2D eigenvalue weighted by Gasteiger charge is -2.17. The van der Waals surface area contributed by atoms with E-state index in [1.165, 1.54) is 27.1 Å². The lowest BCUT2D eigenvalue weighted by molar-refractivity contribution is -0.140. The van der Waals surface area contributed by atoms with Crippen molar-refractivity contribution in [1.29, 1.82) is 0 Å². The molecule has 0 saturated carbocycles. The Morgan fingerprint density at radius 3 is 2.31 bits per heavy atom. The number of nitrogens with one attached hydrogen (secondary N) is 3. The van der Waals surface area contributed by atoms with Gasteiger partial charge >= 0.3 is 18.2 Å². The quantitative estimate of drug-likeness (QED) is 0.305. The Morgan fingerprint density at radius 1 is 0.949 bits per heavy atom. The van der Waals surface area contributed by atoms with Crippen molar-refractivity contribution in [3.8, 4) is 11.5 Å². The van der Waals surface area contributed by atoms with Crippen LogP contribution in [0.2, 0.25) is 0 Å². The molecule has 206 valence electrons. The maximum atomic E-state index is 13.4. The van der Waals surface area contributed by atoms with Crippen LogP contribution in [-0.2, 0) is 28.7 Å². The molecule has 3 aromatic carbocycles. The second-order valence-corrected chi connectivity index (χ2v) is 8.56. The van der Waals surface area contributed by atoms with Crippen molar-refractivity contribution in [2.24, 2.45) is 0 Å². The van der Waals surface area contributed by atoms with Gasteiger partial charge < -0.3 is 25.4 Å². The van der Waals surface area contributed by atoms with E-state index in [0.717, 1.165) is 6.07 Å². The van der Waals surface area contributed by atoms with Crippen LogP contribution in [0.25, 0.3) is 0 Å². The number of hydrogen-bond donors (Lipinski definition) is 3. The minimum atomic E-state index is -4.61. The number of benzene rings is 3. The first-order valence-electron chi connectivity index (χ1n) is 11.9. The highest BCUT2D eigenvalue weighted by atomic mass is 19.4. The maximum absolute atomic E-state index is 13.4. The predicted molar refractivity (Wildman–Crippen MR) is 139 cm³/mol. The molecule has 0 fully saturated rings. The summed E-state index contributed by atoms with van der Waals surface area (Å²) in [5.74, 6) is 0.220. The van der Waals surface area contributed by atoms with E-state index in [1.54, 1.807) is 48.5 Å². The molecule has 3 N–H and O–H groups in total. The maximum Gasteiger partial charge on any atom is 0.416 e. The molecule has 11 heteroatoms. The molecular weight excluding hydrogens is 515 g/mol. The zero-order valence-corrected chi connectivity index (χ0v) is 21.6. The number of esters is 1. The molecule has 3 aromatic rings. The van der Waals surface area contributed by atoms with Crippen LogP contribution in [-0.4, -0.2) is 32.1 Å². The van der Waals surface area contributed by atoms with Gasteiger partial charge in [-0.3, -0.25) is 9.59 Å². The number of anilines is 1. The summed E-state index contributed by atoms with van der Waals surface area (Å²) in [7, 11) is 2.75. The van der Waals surface area contributed by atoms with Crippen molar-refractivity contribution in [1.82, 2.24) is 10.6 Å². The number of halogens is 3. The third kappa shape index (κ3) is 8.22. The standard InChI is InChI=1S/C28H28F3N3O5/c1-17-13-19(9-12-25(35)38-3)24(15-23(17)28(29,30)31)34-27(37)33-16-18-7-10-21(11-8-18)39-22-6-4-5-20(14-22)26(36)32-2/h4-8,10-11,13-15H,9,12,16H2,1-3H3,(H,32,36)(H2,33,34,37). The second kappa shape index (κ2) is 12.8. The van der Waals surface area contributed by atoms with Gasteiger partial charge in [0.1, 0.15) is 11.5 Å². The van der Waals surface area contributed by atoms with Gasteiger partial charge in [0.05, 0.1) is 12.7 Å². The van der Waals surface area contributed by atoms with Crippen LogP contribution in [0.3, 0.4) is 0 Å². The fraction of sp³-hybridized carbons (Fsp3) is 0.250. The Bertz CT molecular complexity index is 1340. The molecule has 0 radical (unpaired) electrons. The predicted octanol–water partition coefficient (Wildman–Crippen LogP) is 5.59. The van der Waals surface area contributed by atoms with Gasteiger partial charge in [-0.05, 0) is 66.4 Å². The lowest BCUT2D eigenvalue weighted by Crippen LogP contribution is -2.29. The minimum Gasteiger partial charge on any atom is -0.469 e. The van der Waals surface area contributed by atoms with E-state index in [0.29, 0.717) is 28.2 Å². The van der Waals surface area contributed by atoms with Crippen LogP contribution in [0.4, 0.5) is 23.7 Å². The molecule has 0 atom stereocenters. The molecule has 0 aliphatic carbocycles. The molecule has 0 spiro atoms. The number of alkyl halides is 3. The first-order chi connectivity index (χ1) is 18.5. The summed E-state index contributed by atoms with van der Waals surface area (Å²) in [4.78, 5) is 35.9. The largest absolute Gasteiger partial charge is 0.469 e. The van der Waals surface area contributed by atoms with Crippen molar-refractivity contribution < 1.29 is 37.0 Å². The summed E-state index contributed by atoms with van der Waals surface area (Å²) in [6.07, 6.45) is -4.57. The Balaban J connectivity index is 1.65. The fourth-order valence-electron chi connectivity index (χ4n) is 3.74. The second-order valence-electron chi connectivity index (χ2n) is 8.56. The highest BCUT2D eigenvalue weighted by Gasteiger charge is 2.33. The molecule has 3 rings (SSSR count). The number of rotatable bonds is 9. The number of hydrogen-bond acceptors (Lipinski definition) is 5. The Labute approximate surface area is 223 Å². The van der Waals surface area contributed by atoms with Crippen molar-refractivity contribution in [3.63, 3.8) is 0 Å². The van der Waals surface area contributed by atoms with Crippen molar-refractivity contribution in [2.45, 2.75) is 32.5 Å². The van der Waals surface area contributed by atoms with E-state index in [4.69, 9.17) is 4.74 Å². The van der Waals surface area contributed by atoms with Gasteiger partial charge in [0.15, 0.2) is 0 Å². The number of carbonyl (C=O) groups is 3. The number of methoxy groups -OCH3 is 1. The van der Waals surface area contributed by atoms with E-state index in [9.17, 15) is 27.6 Å². The van der Waals surface area contributed by atoms with Gasteiger partial charge in [-0.2, -0.15) is 13.2 Å². The average molecular weight is 544 g/mol. The average Bonchev–Trinajstić information content (AvgIpc) is 2.91. The summed E-state index contributed by atoms with van der Waals surface area (Å²) in [5.41, 5.74) is 0.598. The van der Waals surface area contributed by atoms with Crippen LogP contribution in [0.1, 0.15) is 39.0 Å². The summed E-state index contributed by atoms with van der Waals surface area (Å²) in [5, 5.41) is 7.62. The van der Waals surface area contributed by atoms with Gasteiger partial charge in [-0.25, -0.2) is 4.79 Å². The first kappa shape index (κ1) is 29.0. The number of ether oxygens (including phenoxy) is 2. The molecule has 8 nitrogen and oxygen atoms in total. The first-order valence-corrected chi connectivity index (χ1v) is 11.9. The van der Waals surface area contributed by atoms with Crippen molar-refractivity contribution in [3.05, 3.63) is 88.5 Å². The normalized spacial score (nSPS) is 10.9. The summed E-state index contributed by atoms with van der Waals surface area (Å²) in [6, 6.07) is 14.9. The van der Waals surface area contributed by atoms with Crippen LogP contribution in [0.15, 0.2) is 60.7 Å². The van der Waals surface area contributed by atoms with Gasteiger partial charge in [0.2, 0.25) is 0 Å². The zero-order chi connectivity index (χ0) is 28.6. The molecule has 0 bridgehead atoms. The molecule has 0 aliphatic rings. The molecule has 0 aromatic heterocycles. The number of amides is 3. The van der Waals surface area contributed by atoms with Gasteiger partial charge in [-0.1, -0.05) is 24.3 Å². The molecule has 39 heavy (non-hydrogen) atoms. The third-order valence-corrected chi connectivity index (χ3v) is 5.77. The van der Waals surface area contributed by atoms with E-state index in [-0.39, 0.29) is 36.5 Å². The Morgan fingerprint density at radius 2 is 1.67 bits per heavy atom. The van der Waals surface area contributed by atoms with Crippen LogP contribution < -0.4 is 20.7 Å². The van der Waals surface area contributed by atoms with Crippen LogP contribution >= 0.6 is 0 Å². The SMILES string of the molecule is CNC(=O)c1cccc(Oc2ccc(CNC(=O)Nc3cc(C(F)(F)F)c(C)cc3CCC(=O)OC)cc2)c1. The number of carbonyl (C=O) groups excluding carboxylic acids is 3. The van der Waals surface area contributed by atoms with Gasteiger partial charge in [0.25, 0.3) is 5.91 Å². The molecule has 0 unspecified atom stereocenters. The smallest absolute Gasteiger partial charge is 0.416 e. The Hall–Kier alpha value is -4.54. The topological polar surface area (TPSA) is 106 Å². The highest BCUT2D eigenvalue weighted by Crippen LogP contribution is 2.35. The van der Waals surface area contributed by atoms with Gasteiger partial charge in [-0.15, -0.1) is 0 Å². The monoisotopic (exact) mass is 543 g/mol. The van der Waals surface area contributed by atoms with E-state index < -0.39 is 23.7 Å². The minimum absolute atomic E-state index is 0.0176. The van der Waals surface area contributed by atoms with Crippen LogP contribution in [0, 0.1) is 6.92 Å². The highest BCUT2D eigenvalue weighted by molar-refractivity contribution is 5.94. The van der Waals surface area contributed by atoms with Crippen molar-refractivity contribution >= 4 is 23.6 Å². The fourth-order valence-corrected chi connectivity index (χ4v) is 3.74. The zero-order valence-electron chi connectivity index (χ0n) is 21.6. The van der Waals surface area contributed by atoms with Gasteiger partial charge in [0, 0.05) is 31.3 Å². The third-order valence-electron chi connectivity index (χ3n) is 5.77. The van der Waals surface area contributed by atoms with Crippen molar-refractivity contribution in [2.75, 3.05) is 19.5 Å². The summed E-state index contributed by atoms with van der Waals surface area (Å²) < 4.78 is 50.7. The lowest BCUT2D eigenvalue weighted by atomic mass is 9.99. The van der Waals surface area contributed by atoms with Crippen LogP contribution in [0.5, 0.6) is 11.5 Å². The summed E-state index contributed by atoms with van der Waals surface area (Å²) >= 11 is 0. The number of aryl methyl sites for hydroxylation is 2.